The summed E-state index contributed by atoms with van der Waals surface area (Å²) in [5.41, 5.74) is 2.12. The van der Waals surface area contributed by atoms with Crippen LogP contribution in [0.2, 0.25) is 0 Å². The number of imidazole rings is 1. The molecule has 3 rings (SSSR count). The van der Waals surface area contributed by atoms with Crippen molar-refractivity contribution >= 4 is 5.97 Å². The lowest BCUT2D eigenvalue weighted by molar-refractivity contribution is 0.0588. The summed E-state index contributed by atoms with van der Waals surface area (Å²) in [6.07, 6.45) is 4.14. The Morgan fingerprint density at radius 2 is 1.87 bits per heavy atom. The number of hydrogen-bond donors (Lipinski definition) is 0. The van der Waals surface area contributed by atoms with Gasteiger partial charge in [-0.1, -0.05) is 30.3 Å². The number of esters is 1. The maximum absolute atomic E-state index is 13.6. The number of halogens is 1. The van der Waals surface area contributed by atoms with E-state index in [1.165, 1.54) is 32.5 Å². The first-order valence-electron chi connectivity index (χ1n) is 10.2. The number of ether oxygens (including phenoxy) is 3. The molecule has 1 aromatic heterocycles. The molecule has 0 bridgehead atoms. The smallest absolute Gasteiger partial charge is 0.356 e. The van der Waals surface area contributed by atoms with E-state index in [-0.39, 0.29) is 0 Å². The Hall–Kier alpha value is -3.19. The first-order chi connectivity index (χ1) is 15.1. The Kier molecular flexibility index (Phi) is 8.18. The summed E-state index contributed by atoms with van der Waals surface area (Å²) >= 11 is 0. The molecule has 0 saturated heterocycles. The normalized spacial score (nSPS) is 10.8. The minimum atomic E-state index is -0.467. The van der Waals surface area contributed by atoms with E-state index in [0.29, 0.717) is 42.6 Å². The fraction of sp³-hybridized carbons (Fsp3) is 0.333. The molecule has 0 spiro atoms. The van der Waals surface area contributed by atoms with E-state index >= 15 is 0 Å². The van der Waals surface area contributed by atoms with Crippen LogP contribution in [0.4, 0.5) is 4.39 Å². The number of benzene rings is 2. The molecule has 2 aromatic carbocycles. The van der Waals surface area contributed by atoms with Crippen LogP contribution < -0.4 is 4.74 Å². The molecule has 1 heterocycles. The molecule has 0 amide bonds. The van der Waals surface area contributed by atoms with Gasteiger partial charge in [-0.05, 0) is 37.0 Å². The van der Waals surface area contributed by atoms with E-state index in [0.717, 1.165) is 24.8 Å². The van der Waals surface area contributed by atoms with Crippen LogP contribution in [-0.2, 0) is 22.6 Å². The molecule has 0 aliphatic carbocycles. The molecule has 0 saturated carbocycles. The van der Waals surface area contributed by atoms with Crippen molar-refractivity contribution in [3.8, 4) is 17.1 Å². The van der Waals surface area contributed by atoms with Crippen LogP contribution in [0.15, 0.2) is 54.7 Å². The van der Waals surface area contributed by atoms with Gasteiger partial charge in [-0.3, -0.25) is 0 Å². The molecular weight excluding hydrogens is 399 g/mol. The first-order valence-corrected chi connectivity index (χ1v) is 10.2. The molecule has 31 heavy (non-hydrogen) atoms. The van der Waals surface area contributed by atoms with Gasteiger partial charge in [0.15, 0.2) is 0 Å². The quantitative estimate of drug-likeness (QED) is 0.323. The standard InChI is InChI=1S/C24H27FN2O4/c1-29-22-15-19(25)11-12-20(22)23-26-16-21(24(28)30-2)27(23)13-7-4-8-14-31-17-18-9-5-3-6-10-18/h3,5-6,9-12,15-16H,4,7-8,13-14,17H2,1-2H3. The van der Waals surface area contributed by atoms with Crippen LogP contribution in [0.5, 0.6) is 5.75 Å². The van der Waals surface area contributed by atoms with Gasteiger partial charge in [0.25, 0.3) is 0 Å². The van der Waals surface area contributed by atoms with Crippen molar-refractivity contribution in [2.24, 2.45) is 0 Å². The Balaban J connectivity index is 1.61. The Morgan fingerprint density at radius 3 is 2.61 bits per heavy atom. The maximum atomic E-state index is 13.6. The van der Waals surface area contributed by atoms with E-state index in [9.17, 15) is 9.18 Å². The van der Waals surface area contributed by atoms with E-state index < -0.39 is 11.8 Å². The van der Waals surface area contributed by atoms with E-state index in [4.69, 9.17) is 14.2 Å². The number of carbonyl (C=O) groups excluding carboxylic acids is 1. The highest BCUT2D eigenvalue weighted by Crippen LogP contribution is 2.31. The lowest BCUT2D eigenvalue weighted by Gasteiger charge is -2.13. The summed E-state index contributed by atoms with van der Waals surface area (Å²) in [4.78, 5) is 16.6. The van der Waals surface area contributed by atoms with Crippen LogP contribution in [0.25, 0.3) is 11.4 Å². The maximum Gasteiger partial charge on any atom is 0.356 e. The van der Waals surface area contributed by atoms with E-state index in [1.807, 2.05) is 30.3 Å². The summed E-state index contributed by atoms with van der Waals surface area (Å²) in [6, 6.07) is 14.3. The predicted octanol–water partition coefficient (Wildman–Crippen LogP) is 4.87. The van der Waals surface area contributed by atoms with Gasteiger partial charge in [-0.2, -0.15) is 0 Å². The second-order valence-corrected chi connectivity index (χ2v) is 7.05. The molecule has 0 atom stereocenters. The summed E-state index contributed by atoms with van der Waals surface area (Å²) in [6.45, 7) is 1.84. The third-order valence-electron chi connectivity index (χ3n) is 4.94. The van der Waals surface area contributed by atoms with Gasteiger partial charge in [-0.25, -0.2) is 14.2 Å². The zero-order valence-corrected chi connectivity index (χ0v) is 17.8. The number of carbonyl (C=O) groups is 1. The van der Waals surface area contributed by atoms with Crippen molar-refractivity contribution in [1.29, 1.82) is 0 Å². The van der Waals surface area contributed by atoms with E-state index in [1.54, 1.807) is 10.6 Å². The molecule has 6 nitrogen and oxygen atoms in total. The average Bonchev–Trinajstić information content (AvgIpc) is 3.22. The molecule has 3 aromatic rings. The van der Waals surface area contributed by atoms with Crippen molar-refractivity contribution in [2.45, 2.75) is 32.4 Å². The largest absolute Gasteiger partial charge is 0.496 e. The van der Waals surface area contributed by atoms with Gasteiger partial charge < -0.3 is 18.8 Å². The second kappa shape index (κ2) is 11.3. The zero-order chi connectivity index (χ0) is 22.1. The van der Waals surface area contributed by atoms with Crippen LogP contribution >= 0.6 is 0 Å². The Morgan fingerprint density at radius 1 is 1.06 bits per heavy atom. The van der Waals surface area contributed by atoms with Crippen molar-refractivity contribution in [2.75, 3.05) is 20.8 Å². The molecule has 0 N–H and O–H groups in total. The van der Waals surface area contributed by atoms with Crippen LogP contribution in [0, 0.1) is 5.82 Å². The van der Waals surface area contributed by atoms with Gasteiger partial charge in [-0.15, -0.1) is 0 Å². The number of unbranched alkanes of at least 4 members (excludes halogenated alkanes) is 2. The molecule has 164 valence electrons. The molecule has 0 aliphatic rings. The van der Waals surface area contributed by atoms with Gasteiger partial charge in [0.2, 0.25) is 0 Å². The van der Waals surface area contributed by atoms with Crippen molar-refractivity contribution < 1.29 is 23.4 Å². The monoisotopic (exact) mass is 426 g/mol. The molecular formula is C24H27FN2O4. The van der Waals surface area contributed by atoms with Crippen molar-refractivity contribution in [3.63, 3.8) is 0 Å². The summed E-state index contributed by atoms with van der Waals surface area (Å²) in [5, 5.41) is 0. The molecule has 0 radical (unpaired) electrons. The SMILES string of the molecule is COC(=O)c1cnc(-c2ccc(F)cc2OC)n1CCCCCOCc1ccccc1. The highest BCUT2D eigenvalue weighted by molar-refractivity contribution is 5.88. The molecule has 0 fully saturated rings. The summed E-state index contributed by atoms with van der Waals surface area (Å²) in [7, 11) is 2.81. The lowest BCUT2D eigenvalue weighted by Crippen LogP contribution is -2.12. The van der Waals surface area contributed by atoms with Gasteiger partial charge >= 0.3 is 5.97 Å². The fourth-order valence-corrected chi connectivity index (χ4v) is 3.35. The average molecular weight is 426 g/mol. The Bertz CT molecular complexity index is 988. The van der Waals surface area contributed by atoms with Gasteiger partial charge in [0.1, 0.15) is 23.1 Å². The van der Waals surface area contributed by atoms with Gasteiger partial charge in [0.05, 0.1) is 32.6 Å². The molecule has 7 heteroatoms. The lowest BCUT2D eigenvalue weighted by atomic mass is 10.1. The molecule has 0 unspecified atom stereocenters. The zero-order valence-electron chi connectivity index (χ0n) is 17.8. The minimum absolute atomic E-state index is 0.351. The van der Waals surface area contributed by atoms with E-state index in [2.05, 4.69) is 4.98 Å². The first kappa shape index (κ1) is 22.5. The second-order valence-electron chi connectivity index (χ2n) is 7.05. The van der Waals surface area contributed by atoms with Crippen LogP contribution in [0.3, 0.4) is 0 Å². The van der Waals surface area contributed by atoms with Crippen molar-refractivity contribution in [3.05, 3.63) is 71.8 Å². The predicted molar refractivity (Wildman–Crippen MR) is 115 cm³/mol. The van der Waals surface area contributed by atoms with Crippen molar-refractivity contribution in [1.82, 2.24) is 9.55 Å². The van der Waals surface area contributed by atoms with Crippen LogP contribution in [0.1, 0.15) is 35.3 Å². The third-order valence-corrected chi connectivity index (χ3v) is 4.94. The summed E-state index contributed by atoms with van der Waals surface area (Å²) < 4.78 is 31.3. The Labute approximate surface area is 181 Å². The number of hydrogen-bond acceptors (Lipinski definition) is 5. The highest BCUT2D eigenvalue weighted by atomic mass is 19.1. The van der Waals surface area contributed by atoms with Gasteiger partial charge in [0, 0.05) is 19.2 Å². The fourth-order valence-electron chi connectivity index (χ4n) is 3.35. The number of nitrogens with zero attached hydrogens (tertiary/aromatic N) is 2. The number of methoxy groups -OCH3 is 2. The molecule has 0 aliphatic heterocycles. The topological polar surface area (TPSA) is 62.6 Å². The number of aromatic nitrogens is 2. The number of rotatable bonds is 11. The summed E-state index contributed by atoms with van der Waals surface area (Å²) in [5.74, 6) is 0.0311. The minimum Gasteiger partial charge on any atom is -0.496 e. The highest BCUT2D eigenvalue weighted by Gasteiger charge is 2.20. The van der Waals surface area contributed by atoms with Crippen LogP contribution in [-0.4, -0.2) is 36.3 Å². The third kappa shape index (κ3) is 5.92.